The van der Waals surface area contributed by atoms with E-state index in [1.165, 1.54) is 12.3 Å². The standard InChI is InChI=1S/C18H13BrF3NO/c1-9-16(19)14-7-10(4-5-15(14)24-9)12-8-13(12)11-3-2-6-23-17(11)18(20,21)22/h2-7,12-13H,8H2,1H3. The number of aromatic nitrogens is 1. The first-order valence-electron chi connectivity index (χ1n) is 7.57. The Morgan fingerprint density at radius 1 is 1.21 bits per heavy atom. The molecule has 1 fully saturated rings. The molecule has 124 valence electrons. The van der Waals surface area contributed by atoms with Gasteiger partial charge in [0.2, 0.25) is 0 Å². The quantitative estimate of drug-likeness (QED) is 0.516. The molecule has 0 spiro atoms. The summed E-state index contributed by atoms with van der Waals surface area (Å²) in [5.74, 6) is 0.738. The molecule has 0 aliphatic heterocycles. The summed E-state index contributed by atoms with van der Waals surface area (Å²) in [6.45, 7) is 1.87. The van der Waals surface area contributed by atoms with Crippen LogP contribution in [0.15, 0.2) is 45.4 Å². The van der Waals surface area contributed by atoms with Crippen molar-refractivity contribution in [3.63, 3.8) is 0 Å². The van der Waals surface area contributed by atoms with Crippen LogP contribution in [0.1, 0.15) is 40.8 Å². The van der Waals surface area contributed by atoms with Crippen LogP contribution < -0.4 is 0 Å². The number of furan rings is 1. The Bertz CT molecular complexity index is 932. The Kier molecular flexibility index (Phi) is 3.49. The molecular weight excluding hydrogens is 383 g/mol. The SMILES string of the molecule is Cc1oc2ccc(C3CC3c3cccnc3C(F)(F)F)cc2c1Br. The molecule has 1 aliphatic carbocycles. The van der Waals surface area contributed by atoms with Crippen molar-refractivity contribution in [3.8, 4) is 0 Å². The van der Waals surface area contributed by atoms with Crippen LogP contribution in [0.2, 0.25) is 0 Å². The van der Waals surface area contributed by atoms with Crippen LogP contribution in [0, 0.1) is 6.92 Å². The van der Waals surface area contributed by atoms with Crippen molar-refractivity contribution in [1.82, 2.24) is 4.98 Å². The van der Waals surface area contributed by atoms with Gasteiger partial charge in [0.1, 0.15) is 17.0 Å². The van der Waals surface area contributed by atoms with Gasteiger partial charge in [-0.2, -0.15) is 13.2 Å². The number of pyridine rings is 1. The highest BCUT2D eigenvalue weighted by molar-refractivity contribution is 9.10. The first-order valence-corrected chi connectivity index (χ1v) is 8.36. The van der Waals surface area contributed by atoms with Gasteiger partial charge in [0.25, 0.3) is 0 Å². The van der Waals surface area contributed by atoms with Gasteiger partial charge in [0.05, 0.1) is 4.47 Å². The highest BCUT2D eigenvalue weighted by atomic mass is 79.9. The van der Waals surface area contributed by atoms with Gasteiger partial charge in [0.15, 0.2) is 0 Å². The monoisotopic (exact) mass is 395 g/mol. The zero-order valence-electron chi connectivity index (χ0n) is 12.7. The lowest BCUT2D eigenvalue weighted by Gasteiger charge is -2.11. The minimum absolute atomic E-state index is 0.0850. The molecule has 2 heterocycles. The zero-order chi connectivity index (χ0) is 17.1. The highest BCUT2D eigenvalue weighted by Gasteiger charge is 2.45. The largest absolute Gasteiger partial charge is 0.460 e. The Hall–Kier alpha value is -1.82. The fraction of sp³-hybridized carbons (Fsp3) is 0.278. The molecule has 1 aromatic carbocycles. The lowest BCUT2D eigenvalue weighted by Crippen LogP contribution is -2.11. The van der Waals surface area contributed by atoms with Crippen molar-refractivity contribution in [2.45, 2.75) is 31.4 Å². The lowest BCUT2D eigenvalue weighted by atomic mass is 10.0. The number of hydrogen-bond acceptors (Lipinski definition) is 2. The molecule has 2 nitrogen and oxygen atoms in total. The van der Waals surface area contributed by atoms with Crippen molar-refractivity contribution in [2.75, 3.05) is 0 Å². The predicted molar refractivity (Wildman–Crippen MR) is 88.0 cm³/mol. The molecule has 4 rings (SSSR count). The number of aryl methyl sites for hydroxylation is 1. The molecule has 2 unspecified atom stereocenters. The smallest absolute Gasteiger partial charge is 0.433 e. The number of halogens is 4. The van der Waals surface area contributed by atoms with Crippen molar-refractivity contribution in [1.29, 1.82) is 0 Å². The average molecular weight is 396 g/mol. The highest BCUT2D eigenvalue weighted by Crippen LogP contribution is 2.57. The van der Waals surface area contributed by atoms with E-state index in [0.29, 0.717) is 6.42 Å². The van der Waals surface area contributed by atoms with Crippen LogP contribution in [-0.2, 0) is 6.18 Å². The van der Waals surface area contributed by atoms with Gasteiger partial charge in [-0.15, -0.1) is 0 Å². The fourth-order valence-electron chi connectivity index (χ4n) is 3.30. The Labute approximate surface area is 144 Å². The van der Waals surface area contributed by atoms with Crippen LogP contribution >= 0.6 is 15.9 Å². The van der Waals surface area contributed by atoms with Crippen LogP contribution in [0.5, 0.6) is 0 Å². The maximum absolute atomic E-state index is 13.1. The molecule has 1 saturated carbocycles. The lowest BCUT2D eigenvalue weighted by molar-refractivity contribution is -0.141. The maximum Gasteiger partial charge on any atom is 0.433 e. The summed E-state index contributed by atoms with van der Waals surface area (Å²) in [5, 5.41) is 0.956. The summed E-state index contributed by atoms with van der Waals surface area (Å²) < 4.78 is 46.0. The molecule has 0 radical (unpaired) electrons. The van der Waals surface area contributed by atoms with Gasteiger partial charge in [-0.1, -0.05) is 12.1 Å². The van der Waals surface area contributed by atoms with Gasteiger partial charge in [-0.05, 0) is 70.4 Å². The molecule has 2 aromatic heterocycles. The zero-order valence-corrected chi connectivity index (χ0v) is 14.3. The van der Waals surface area contributed by atoms with Crippen LogP contribution in [0.3, 0.4) is 0 Å². The molecule has 24 heavy (non-hydrogen) atoms. The van der Waals surface area contributed by atoms with Gasteiger partial charge in [-0.3, -0.25) is 4.98 Å². The van der Waals surface area contributed by atoms with Gasteiger partial charge < -0.3 is 4.42 Å². The predicted octanol–water partition coefficient (Wildman–Crippen LogP) is 6.19. The molecule has 0 saturated heterocycles. The number of benzene rings is 1. The van der Waals surface area contributed by atoms with E-state index in [4.69, 9.17) is 4.42 Å². The maximum atomic E-state index is 13.1. The van der Waals surface area contributed by atoms with E-state index in [2.05, 4.69) is 20.9 Å². The molecule has 0 bridgehead atoms. The number of rotatable bonds is 2. The summed E-state index contributed by atoms with van der Waals surface area (Å²) >= 11 is 3.50. The second-order valence-corrected chi connectivity index (χ2v) is 6.91. The molecule has 1 aliphatic rings. The minimum Gasteiger partial charge on any atom is -0.460 e. The van der Waals surface area contributed by atoms with E-state index in [1.807, 2.05) is 25.1 Å². The molecular formula is C18H13BrF3NO. The van der Waals surface area contributed by atoms with Crippen LogP contribution in [-0.4, -0.2) is 4.98 Å². The molecule has 0 amide bonds. The van der Waals surface area contributed by atoms with Crippen molar-refractivity contribution < 1.29 is 17.6 Å². The summed E-state index contributed by atoms with van der Waals surface area (Å²) in [5.41, 5.74) is 1.33. The molecule has 6 heteroatoms. The third-order valence-corrected chi connectivity index (χ3v) is 5.52. The number of fused-ring (bicyclic) bond motifs is 1. The molecule has 2 atom stereocenters. The van der Waals surface area contributed by atoms with Crippen molar-refractivity contribution in [3.05, 3.63) is 63.6 Å². The Balaban J connectivity index is 1.69. The van der Waals surface area contributed by atoms with E-state index < -0.39 is 11.9 Å². The Morgan fingerprint density at radius 3 is 2.75 bits per heavy atom. The van der Waals surface area contributed by atoms with E-state index in [1.54, 1.807) is 6.07 Å². The van der Waals surface area contributed by atoms with E-state index in [9.17, 15) is 13.2 Å². The van der Waals surface area contributed by atoms with E-state index in [-0.39, 0.29) is 17.4 Å². The summed E-state index contributed by atoms with van der Waals surface area (Å²) in [4.78, 5) is 3.56. The topological polar surface area (TPSA) is 26.0 Å². The van der Waals surface area contributed by atoms with Crippen LogP contribution in [0.25, 0.3) is 11.0 Å². The van der Waals surface area contributed by atoms with E-state index >= 15 is 0 Å². The van der Waals surface area contributed by atoms with Crippen molar-refractivity contribution >= 4 is 26.9 Å². The van der Waals surface area contributed by atoms with Crippen molar-refractivity contribution in [2.24, 2.45) is 0 Å². The second-order valence-electron chi connectivity index (χ2n) is 6.12. The van der Waals surface area contributed by atoms with Gasteiger partial charge in [0, 0.05) is 11.6 Å². The number of hydrogen-bond donors (Lipinski definition) is 0. The molecule has 0 N–H and O–H groups in total. The third kappa shape index (κ3) is 2.53. The summed E-state index contributed by atoms with van der Waals surface area (Å²) in [7, 11) is 0. The second kappa shape index (κ2) is 5.34. The summed E-state index contributed by atoms with van der Waals surface area (Å²) in [6, 6.07) is 8.93. The normalized spacial score (nSPS) is 20.5. The first-order chi connectivity index (χ1) is 11.4. The number of nitrogens with zero attached hydrogens (tertiary/aromatic N) is 1. The van der Waals surface area contributed by atoms with Gasteiger partial charge >= 0.3 is 6.18 Å². The van der Waals surface area contributed by atoms with E-state index in [0.717, 1.165) is 26.8 Å². The summed E-state index contributed by atoms with van der Waals surface area (Å²) in [6.07, 6.45) is -2.52. The van der Waals surface area contributed by atoms with Gasteiger partial charge in [-0.25, -0.2) is 0 Å². The first kappa shape index (κ1) is 15.7. The van der Waals surface area contributed by atoms with Crippen LogP contribution in [0.4, 0.5) is 13.2 Å². The average Bonchev–Trinajstić information content (AvgIpc) is 3.29. The third-order valence-electron chi connectivity index (χ3n) is 4.54. The Morgan fingerprint density at radius 2 is 2.00 bits per heavy atom. The fourth-order valence-corrected chi connectivity index (χ4v) is 3.69. The molecule has 3 aromatic rings. The number of alkyl halides is 3. The minimum atomic E-state index is -4.42.